The van der Waals surface area contributed by atoms with Gasteiger partial charge in [0.05, 0.1) is 5.56 Å². The van der Waals surface area contributed by atoms with E-state index in [0.29, 0.717) is 30.6 Å². The predicted molar refractivity (Wildman–Crippen MR) is 91.1 cm³/mol. The van der Waals surface area contributed by atoms with Crippen molar-refractivity contribution in [1.82, 2.24) is 15.6 Å². The second-order valence-corrected chi connectivity index (χ2v) is 5.37. The molecule has 0 aliphatic heterocycles. The van der Waals surface area contributed by atoms with E-state index in [-0.39, 0.29) is 18.2 Å². The zero-order valence-electron chi connectivity index (χ0n) is 13.6. The van der Waals surface area contributed by atoms with Crippen LogP contribution in [0, 0.1) is 0 Å². The maximum atomic E-state index is 11.9. The highest BCUT2D eigenvalue weighted by atomic mass is 16.4. The van der Waals surface area contributed by atoms with E-state index >= 15 is 0 Å². The summed E-state index contributed by atoms with van der Waals surface area (Å²) < 4.78 is 0. The molecular weight excluding hydrogens is 322 g/mol. The van der Waals surface area contributed by atoms with E-state index in [9.17, 15) is 14.4 Å². The molecule has 0 aliphatic rings. The number of carboxylic acid groups (broad SMARTS) is 1. The maximum Gasteiger partial charge on any atom is 0.303 e. The first-order valence-corrected chi connectivity index (χ1v) is 7.83. The van der Waals surface area contributed by atoms with Gasteiger partial charge in [0, 0.05) is 37.5 Å². The van der Waals surface area contributed by atoms with Gasteiger partial charge in [-0.15, -0.1) is 0 Å². The molecule has 2 rings (SSSR count). The second kappa shape index (κ2) is 9.17. The first-order valence-electron chi connectivity index (χ1n) is 7.83. The van der Waals surface area contributed by atoms with Gasteiger partial charge in [0.25, 0.3) is 11.8 Å². The van der Waals surface area contributed by atoms with Crippen molar-refractivity contribution in [3.05, 3.63) is 65.5 Å². The number of carboxylic acids is 1. The van der Waals surface area contributed by atoms with Crippen LogP contribution in [0.5, 0.6) is 0 Å². The number of benzene rings is 1. The smallest absolute Gasteiger partial charge is 0.303 e. The van der Waals surface area contributed by atoms with Crippen molar-refractivity contribution < 1.29 is 19.5 Å². The largest absolute Gasteiger partial charge is 0.481 e. The minimum absolute atomic E-state index is 0.0237. The fourth-order valence-electron chi connectivity index (χ4n) is 2.10. The third-order valence-corrected chi connectivity index (χ3v) is 3.45. The summed E-state index contributed by atoms with van der Waals surface area (Å²) in [5.41, 5.74) is 1.83. The van der Waals surface area contributed by atoms with Crippen LogP contribution in [0.15, 0.2) is 48.8 Å². The van der Waals surface area contributed by atoms with E-state index in [2.05, 4.69) is 15.6 Å². The number of nitrogens with one attached hydrogen (secondary N) is 2. The monoisotopic (exact) mass is 341 g/mol. The Kier molecular flexibility index (Phi) is 6.65. The lowest BCUT2D eigenvalue weighted by Gasteiger charge is -2.07. The first-order chi connectivity index (χ1) is 12.1. The Morgan fingerprint density at radius 3 is 2.32 bits per heavy atom. The van der Waals surface area contributed by atoms with E-state index in [1.54, 1.807) is 42.6 Å². The molecule has 3 N–H and O–H groups in total. The Morgan fingerprint density at radius 1 is 0.960 bits per heavy atom. The minimum Gasteiger partial charge on any atom is -0.481 e. The molecule has 0 saturated carbocycles. The second-order valence-electron chi connectivity index (χ2n) is 5.37. The quantitative estimate of drug-likeness (QED) is 0.632. The van der Waals surface area contributed by atoms with E-state index in [4.69, 9.17) is 5.11 Å². The summed E-state index contributed by atoms with van der Waals surface area (Å²) in [7, 11) is 0. The zero-order chi connectivity index (χ0) is 18.1. The SMILES string of the molecule is O=C(O)CCCNC(=O)c1ccc(CNC(=O)c2cccnc2)cc1. The molecular formula is C18H19N3O4. The third-order valence-electron chi connectivity index (χ3n) is 3.45. The molecule has 0 atom stereocenters. The van der Waals surface area contributed by atoms with Crippen LogP contribution < -0.4 is 10.6 Å². The summed E-state index contributed by atoms with van der Waals surface area (Å²) in [5.74, 6) is -1.35. The number of amides is 2. The first kappa shape index (κ1) is 18.1. The molecule has 7 nitrogen and oxygen atoms in total. The van der Waals surface area contributed by atoms with Crippen LogP contribution in [0.4, 0.5) is 0 Å². The number of pyridine rings is 1. The highest BCUT2D eigenvalue weighted by Crippen LogP contribution is 2.05. The van der Waals surface area contributed by atoms with Gasteiger partial charge >= 0.3 is 5.97 Å². The fourth-order valence-corrected chi connectivity index (χ4v) is 2.10. The van der Waals surface area contributed by atoms with Crippen LogP contribution in [-0.4, -0.2) is 34.4 Å². The summed E-state index contributed by atoms with van der Waals surface area (Å²) in [6, 6.07) is 10.2. The molecule has 0 saturated heterocycles. The van der Waals surface area contributed by atoms with Crippen molar-refractivity contribution in [2.75, 3.05) is 6.54 Å². The van der Waals surface area contributed by atoms with Gasteiger partial charge in [0.1, 0.15) is 0 Å². The zero-order valence-corrected chi connectivity index (χ0v) is 13.6. The van der Waals surface area contributed by atoms with Crippen LogP contribution in [-0.2, 0) is 11.3 Å². The molecule has 130 valence electrons. The van der Waals surface area contributed by atoms with Crippen LogP contribution in [0.3, 0.4) is 0 Å². The highest BCUT2D eigenvalue weighted by molar-refractivity contribution is 5.94. The molecule has 2 amide bonds. The lowest BCUT2D eigenvalue weighted by molar-refractivity contribution is -0.137. The molecule has 2 aromatic rings. The van der Waals surface area contributed by atoms with Gasteiger partial charge in [-0.05, 0) is 36.2 Å². The molecule has 7 heteroatoms. The van der Waals surface area contributed by atoms with Gasteiger partial charge in [-0.3, -0.25) is 19.4 Å². The molecule has 1 aromatic heterocycles. The van der Waals surface area contributed by atoms with Crippen molar-refractivity contribution in [3.63, 3.8) is 0 Å². The summed E-state index contributed by atoms with van der Waals surface area (Å²) in [6.07, 6.45) is 3.50. The van der Waals surface area contributed by atoms with Gasteiger partial charge in [-0.1, -0.05) is 12.1 Å². The van der Waals surface area contributed by atoms with E-state index in [0.717, 1.165) is 5.56 Å². The summed E-state index contributed by atoms with van der Waals surface area (Å²) in [6.45, 7) is 0.655. The van der Waals surface area contributed by atoms with Crippen LogP contribution in [0.25, 0.3) is 0 Å². The van der Waals surface area contributed by atoms with Crippen molar-refractivity contribution in [1.29, 1.82) is 0 Å². The molecule has 0 spiro atoms. The number of rotatable bonds is 8. The number of aliphatic carboxylic acids is 1. The molecule has 0 fully saturated rings. The number of hydrogen-bond donors (Lipinski definition) is 3. The standard InChI is InChI=1S/C18H19N3O4/c22-16(23)4-2-10-20-17(24)14-7-5-13(6-8-14)11-21-18(25)15-3-1-9-19-12-15/h1,3,5-9,12H,2,4,10-11H2,(H,20,24)(H,21,25)(H,22,23). The third kappa shape index (κ3) is 6.06. The van der Waals surface area contributed by atoms with Crippen LogP contribution in [0.1, 0.15) is 39.1 Å². The fraction of sp³-hybridized carbons (Fsp3) is 0.222. The Balaban J connectivity index is 1.80. The van der Waals surface area contributed by atoms with Crippen molar-refractivity contribution >= 4 is 17.8 Å². The normalized spacial score (nSPS) is 10.1. The van der Waals surface area contributed by atoms with Crippen LogP contribution >= 0.6 is 0 Å². The maximum absolute atomic E-state index is 11.9. The molecule has 0 aliphatic carbocycles. The van der Waals surface area contributed by atoms with Gasteiger partial charge in [0.2, 0.25) is 0 Å². The number of carbonyl (C=O) groups excluding carboxylic acids is 2. The number of nitrogens with zero attached hydrogens (tertiary/aromatic N) is 1. The molecule has 25 heavy (non-hydrogen) atoms. The Hall–Kier alpha value is -3.22. The van der Waals surface area contributed by atoms with Crippen LogP contribution in [0.2, 0.25) is 0 Å². The van der Waals surface area contributed by atoms with Crippen molar-refractivity contribution in [3.8, 4) is 0 Å². The predicted octanol–water partition coefficient (Wildman–Crippen LogP) is 1.61. The van der Waals surface area contributed by atoms with Gasteiger partial charge in [-0.2, -0.15) is 0 Å². The lowest BCUT2D eigenvalue weighted by atomic mass is 10.1. The lowest BCUT2D eigenvalue weighted by Crippen LogP contribution is -2.25. The molecule has 0 bridgehead atoms. The average Bonchev–Trinajstić information content (AvgIpc) is 2.64. The van der Waals surface area contributed by atoms with E-state index in [1.165, 1.54) is 6.20 Å². The van der Waals surface area contributed by atoms with Crippen molar-refractivity contribution in [2.24, 2.45) is 0 Å². The highest BCUT2D eigenvalue weighted by Gasteiger charge is 2.07. The molecule has 1 heterocycles. The summed E-state index contributed by atoms with van der Waals surface area (Å²) in [5, 5.41) is 14.0. The topological polar surface area (TPSA) is 108 Å². The van der Waals surface area contributed by atoms with E-state index in [1.807, 2.05) is 0 Å². The average molecular weight is 341 g/mol. The number of carbonyl (C=O) groups is 3. The Morgan fingerprint density at radius 2 is 1.68 bits per heavy atom. The van der Waals surface area contributed by atoms with Gasteiger partial charge in [0.15, 0.2) is 0 Å². The molecule has 1 aromatic carbocycles. The summed E-state index contributed by atoms with van der Waals surface area (Å²) >= 11 is 0. The minimum atomic E-state index is -0.882. The number of aromatic nitrogens is 1. The van der Waals surface area contributed by atoms with Gasteiger partial charge < -0.3 is 15.7 Å². The molecule has 0 radical (unpaired) electrons. The Bertz CT molecular complexity index is 730. The Labute approximate surface area is 145 Å². The number of hydrogen-bond acceptors (Lipinski definition) is 4. The van der Waals surface area contributed by atoms with E-state index < -0.39 is 5.97 Å². The van der Waals surface area contributed by atoms with Crippen molar-refractivity contribution in [2.45, 2.75) is 19.4 Å². The molecule has 0 unspecified atom stereocenters. The summed E-state index contributed by atoms with van der Waals surface area (Å²) in [4.78, 5) is 38.1. The van der Waals surface area contributed by atoms with Gasteiger partial charge in [-0.25, -0.2) is 0 Å².